The van der Waals surface area contributed by atoms with Crippen molar-refractivity contribution in [3.05, 3.63) is 46.8 Å². The van der Waals surface area contributed by atoms with Gasteiger partial charge in [0.1, 0.15) is 0 Å². The summed E-state index contributed by atoms with van der Waals surface area (Å²) in [4.78, 5) is 12.7. The molecule has 0 atom stereocenters. The molecule has 21 heavy (non-hydrogen) atoms. The van der Waals surface area contributed by atoms with Gasteiger partial charge in [-0.05, 0) is 31.4 Å². The topological polar surface area (TPSA) is 77.2 Å². The van der Waals surface area contributed by atoms with Gasteiger partial charge in [0.05, 0.1) is 16.7 Å². The van der Waals surface area contributed by atoms with Crippen molar-refractivity contribution in [2.75, 3.05) is 6.26 Å². The van der Waals surface area contributed by atoms with E-state index in [0.717, 1.165) is 19.1 Å². The van der Waals surface area contributed by atoms with Crippen LogP contribution in [0, 0.1) is 6.92 Å². The molecule has 1 aliphatic rings. The summed E-state index contributed by atoms with van der Waals surface area (Å²) >= 11 is 0. The van der Waals surface area contributed by atoms with Crippen molar-refractivity contribution in [2.45, 2.75) is 30.6 Å². The first-order valence-electron chi connectivity index (χ1n) is 6.68. The fourth-order valence-corrected chi connectivity index (χ4v) is 3.35. The zero-order chi connectivity index (χ0) is 15.2. The molecule has 1 saturated carbocycles. The highest BCUT2D eigenvalue weighted by Crippen LogP contribution is 2.42. The Bertz CT molecular complexity index is 816. The van der Waals surface area contributed by atoms with Gasteiger partial charge in [-0.15, -0.1) is 0 Å². The molecule has 0 bridgehead atoms. The summed E-state index contributed by atoms with van der Waals surface area (Å²) in [6.45, 7) is 1.71. The summed E-state index contributed by atoms with van der Waals surface area (Å²) in [5.74, 6) is 0.635. The molecule has 0 unspecified atom stereocenters. The van der Waals surface area contributed by atoms with E-state index in [1.165, 1.54) is 12.3 Å². The van der Waals surface area contributed by atoms with Gasteiger partial charge in [0.25, 0.3) is 0 Å². The van der Waals surface area contributed by atoms with E-state index in [-0.39, 0.29) is 16.6 Å². The zero-order valence-corrected chi connectivity index (χ0v) is 12.6. The lowest BCUT2D eigenvalue weighted by Crippen LogP contribution is -2.06. The molecule has 0 spiro atoms. The Morgan fingerprint density at radius 1 is 1.33 bits per heavy atom. The maximum absolute atomic E-state index is 12.6. The van der Waals surface area contributed by atoms with Crippen molar-refractivity contribution < 1.29 is 17.7 Å². The van der Waals surface area contributed by atoms with E-state index in [1.54, 1.807) is 19.1 Å². The number of carbonyl (C=O) groups excluding carboxylic acids is 1. The first kappa shape index (κ1) is 14.0. The number of hydrogen-bond donors (Lipinski definition) is 0. The molecule has 0 radical (unpaired) electrons. The minimum absolute atomic E-state index is 0.178. The molecule has 6 heteroatoms. The van der Waals surface area contributed by atoms with Crippen molar-refractivity contribution in [3.8, 4) is 0 Å². The minimum atomic E-state index is -3.36. The molecule has 0 amide bonds. The number of rotatable bonds is 4. The number of benzene rings is 1. The van der Waals surface area contributed by atoms with Crippen LogP contribution in [0.4, 0.5) is 0 Å². The third kappa shape index (κ3) is 2.63. The van der Waals surface area contributed by atoms with Crippen LogP contribution in [0.3, 0.4) is 0 Å². The lowest BCUT2D eigenvalue weighted by Gasteiger charge is -2.06. The van der Waals surface area contributed by atoms with Gasteiger partial charge in [-0.25, -0.2) is 8.42 Å². The average molecular weight is 305 g/mol. The van der Waals surface area contributed by atoms with Gasteiger partial charge >= 0.3 is 0 Å². The molecule has 0 aliphatic heterocycles. The molecule has 110 valence electrons. The Morgan fingerprint density at radius 2 is 2.05 bits per heavy atom. The molecule has 3 rings (SSSR count). The van der Waals surface area contributed by atoms with E-state index >= 15 is 0 Å². The highest BCUT2D eigenvalue weighted by atomic mass is 32.2. The van der Waals surface area contributed by atoms with Crippen molar-refractivity contribution in [1.29, 1.82) is 0 Å². The van der Waals surface area contributed by atoms with Gasteiger partial charge in [-0.2, -0.15) is 0 Å². The number of nitrogens with zero attached hydrogens (tertiary/aromatic N) is 1. The van der Waals surface area contributed by atoms with Crippen LogP contribution in [-0.4, -0.2) is 25.6 Å². The number of aromatic nitrogens is 1. The van der Waals surface area contributed by atoms with Crippen LogP contribution in [0.2, 0.25) is 0 Å². The fourth-order valence-electron chi connectivity index (χ4n) is 2.36. The van der Waals surface area contributed by atoms with Gasteiger partial charge in [-0.1, -0.05) is 17.3 Å². The maximum Gasteiger partial charge on any atom is 0.198 e. The Hall–Kier alpha value is -1.95. The molecule has 5 nitrogen and oxygen atoms in total. The largest absolute Gasteiger partial charge is 0.360 e. The second kappa shape index (κ2) is 4.80. The predicted octanol–water partition coefficient (Wildman–Crippen LogP) is 2.49. The van der Waals surface area contributed by atoms with Gasteiger partial charge in [0, 0.05) is 17.7 Å². The summed E-state index contributed by atoms with van der Waals surface area (Å²) in [6.07, 6.45) is 4.55. The molecule has 0 N–H and O–H groups in total. The first-order chi connectivity index (χ1) is 9.88. The van der Waals surface area contributed by atoms with Crippen LogP contribution in [0.1, 0.15) is 46.0 Å². The average Bonchev–Trinajstić information content (AvgIpc) is 3.14. The monoisotopic (exact) mass is 305 g/mol. The molecule has 0 saturated heterocycles. The maximum atomic E-state index is 12.6. The third-order valence-electron chi connectivity index (χ3n) is 3.64. The zero-order valence-electron chi connectivity index (χ0n) is 11.8. The Labute approximate surface area is 122 Å². The molecular weight excluding hydrogens is 290 g/mol. The number of carbonyl (C=O) groups is 1. The van der Waals surface area contributed by atoms with E-state index < -0.39 is 9.84 Å². The Morgan fingerprint density at radius 3 is 2.67 bits per heavy atom. The van der Waals surface area contributed by atoms with Crippen LogP contribution in [0.15, 0.2) is 33.8 Å². The number of ketones is 1. The van der Waals surface area contributed by atoms with E-state index in [0.29, 0.717) is 22.5 Å². The quantitative estimate of drug-likeness (QED) is 0.811. The Balaban J connectivity index is 2.04. The predicted molar refractivity (Wildman–Crippen MR) is 76.2 cm³/mol. The summed E-state index contributed by atoms with van der Waals surface area (Å²) in [5.41, 5.74) is 1.40. The lowest BCUT2D eigenvalue weighted by atomic mass is 10.0. The van der Waals surface area contributed by atoms with Gasteiger partial charge in [-0.3, -0.25) is 4.79 Å². The summed E-state index contributed by atoms with van der Waals surface area (Å²) < 4.78 is 28.7. The molecular formula is C15H15NO4S. The highest BCUT2D eigenvalue weighted by molar-refractivity contribution is 7.90. The van der Waals surface area contributed by atoms with Crippen molar-refractivity contribution in [2.24, 2.45) is 0 Å². The van der Waals surface area contributed by atoms with E-state index in [4.69, 9.17) is 4.52 Å². The van der Waals surface area contributed by atoms with Crippen molar-refractivity contribution in [3.63, 3.8) is 0 Å². The summed E-state index contributed by atoms with van der Waals surface area (Å²) in [5, 5.41) is 3.70. The number of sulfone groups is 1. The molecule has 1 fully saturated rings. The van der Waals surface area contributed by atoms with Gasteiger partial charge in [0.2, 0.25) is 0 Å². The van der Waals surface area contributed by atoms with Crippen molar-refractivity contribution >= 4 is 15.6 Å². The van der Waals surface area contributed by atoms with E-state index in [1.807, 2.05) is 0 Å². The van der Waals surface area contributed by atoms with Crippen LogP contribution < -0.4 is 0 Å². The summed E-state index contributed by atoms with van der Waals surface area (Å²) in [6, 6.07) is 4.71. The second-order valence-electron chi connectivity index (χ2n) is 5.46. The molecule has 1 aromatic carbocycles. The minimum Gasteiger partial charge on any atom is -0.360 e. The lowest BCUT2D eigenvalue weighted by molar-refractivity contribution is 0.103. The molecule has 1 aromatic heterocycles. The summed E-state index contributed by atoms with van der Waals surface area (Å²) in [7, 11) is -3.36. The second-order valence-corrected chi connectivity index (χ2v) is 7.44. The first-order valence-corrected chi connectivity index (χ1v) is 8.57. The highest BCUT2D eigenvalue weighted by Gasteiger charge is 2.32. The normalized spacial score (nSPS) is 15.1. The van der Waals surface area contributed by atoms with Gasteiger partial charge < -0.3 is 4.52 Å². The van der Waals surface area contributed by atoms with Crippen molar-refractivity contribution in [1.82, 2.24) is 5.16 Å². The standard InChI is InChI=1S/C15H15NO4S/c1-9-3-4-11(7-13(9)21(2,18)19)14(17)12-8-16-20-15(12)10-5-6-10/h3-4,7-8,10H,5-6H2,1-2H3. The van der Waals surface area contributed by atoms with E-state index in [2.05, 4.69) is 5.16 Å². The Kier molecular flexibility index (Phi) is 3.20. The fraction of sp³-hybridized carbons (Fsp3) is 0.333. The van der Waals surface area contributed by atoms with Crippen LogP contribution >= 0.6 is 0 Å². The SMILES string of the molecule is Cc1ccc(C(=O)c2cnoc2C2CC2)cc1S(C)(=O)=O. The van der Waals surface area contributed by atoms with E-state index in [9.17, 15) is 13.2 Å². The van der Waals surface area contributed by atoms with Crippen LogP contribution in [0.25, 0.3) is 0 Å². The molecule has 2 aromatic rings. The smallest absolute Gasteiger partial charge is 0.198 e. The molecule has 1 aliphatic carbocycles. The van der Waals surface area contributed by atoms with Crippen LogP contribution in [0.5, 0.6) is 0 Å². The van der Waals surface area contributed by atoms with Gasteiger partial charge in [0.15, 0.2) is 21.4 Å². The third-order valence-corrected chi connectivity index (χ3v) is 4.88. The number of hydrogen-bond acceptors (Lipinski definition) is 5. The van der Waals surface area contributed by atoms with Crippen LogP contribution in [-0.2, 0) is 9.84 Å². The number of aryl methyl sites for hydroxylation is 1. The molecule has 1 heterocycles.